The third-order valence-corrected chi connectivity index (χ3v) is 4.12. The smallest absolute Gasteiger partial charge is 0.351 e. The number of para-hydroxylation sites is 2. The number of fused-ring (bicyclic) bond motifs is 1. The topological polar surface area (TPSA) is 90.5 Å². The van der Waals surface area contributed by atoms with E-state index in [0.717, 1.165) is 10.2 Å². The summed E-state index contributed by atoms with van der Waals surface area (Å²) in [4.78, 5) is 29.0. The van der Waals surface area contributed by atoms with Crippen LogP contribution in [0.25, 0.3) is 5.65 Å². The number of carbonyl (C=O) groups is 1. The molecule has 4 rings (SSSR count). The molecule has 1 amide bonds. The van der Waals surface area contributed by atoms with Gasteiger partial charge in [0, 0.05) is 18.1 Å². The van der Waals surface area contributed by atoms with Crippen LogP contribution in [0, 0.1) is 6.92 Å². The minimum Gasteiger partial charge on any atom is -0.436 e. The Balaban J connectivity index is 1.62. The number of rotatable bonds is 5. The highest BCUT2D eigenvalue weighted by Crippen LogP contribution is 2.24. The predicted octanol–water partition coefficient (Wildman–Crippen LogP) is 2.63. The summed E-state index contributed by atoms with van der Waals surface area (Å²) in [5.74, 6) is 0.453. The van der Waals surface area contributed by atoms with Crippen LogP contribution in [0.4, 0.5) is 5.69 Å². The lowest BCUT2D eigenvalue weighted by Crippen LogP contribution is -2.28. The van der Waals surface area contributed by atoms with E-state index in [9.17, 15) is 9.59 Å². The fourth-order valence-electron chi connectivity index (χ4n) is 2.73. The molecule has 1 N–H and O–H groups in total. The van der Waals surface area contributed by atoms with Crippen molar-refractivity contribution >= 4 is 17.2 Å². The fourth-order valence-corrected chi connectivity index (χ4v) is 2.73. The first kappa shape index (κ1) is 17.5. The van der Waals surface area contributed by atoms with Crippen molar-refractivity contribution in [2.75, 3.05) is 5.32 Å². The van der Waals surface area contributed by atoms with Crippen molar-refractivity contribution in [3.8, 4) is 11.6 Å². The maximum atomic E-state index is 12.6. The first-order valence-electron chi connectivity index (χ1n) is 8.64. The molecule has 0 atom stereocenters. The van der Waals surface area contributed by atoms with E-state index < -0.39 is 5.69 Å². The van der Waals surface area contributed by atoms with Gasteiger partial charge in [-0.25, -0.2) is 18.9 Å². The number of aryl methyl sites for hydroxylation is 1. The molecule has 2 aromatic heterocycles. The molecule has 0 fully saturated rings. The van der Waals surface area contributed by atoms with Gasteiger partial charge in [0.15, 0.2) is 0 Å². The van der Waals surface area contributed by atoms with Crippen LogP contribution in [0.3, 0.4) is 0 Å². The molecule has 28 heavy (non-hydrogen) atoms. The summed E-state index contributed by atoms with van der Waals surface area (Å²) < 4.78 is 8.23. The number of carbonyl (C=O) groups excluding carboxylic acids is 1. The van der Waals surface area contributed by atoms with Crippen LogP contribution in [-0.2, 0) is 11.3 Å². The summed E-state index contributed by atoms with van der Waals surface area (Å²) in [7, 11) is 0. The van der Waals surface area contributed by atoms with E-state index in [1.807, 2.05) is 49.4 Å². The van der Waals surface area contributed by atoms with Gasteiger partial charge in [0.1, 0.15) is 12.3 Å². The minimum atomic E-state index is -0.449. The number of benzene rings is 2. The van der Waals surface area contributed by atoms with E-state index in [1.165, 1.54) is 16.8 Å². The second kappa shape index (κ2) is 7.36. The van der Waals surface area contributed by atoms with Gasteiger partial charge in [-0.3, -0.25) is 4.79 Å². The van der Waals surface area contributed by atoms with Crippen LogP contribution in [-0.4, -0.2) is 25.1 Å². The van der Waals surface area contributed by atoms with Gasteiger partial charge >= 0.3 is 5.69 Å². The zero-order valence-corrected chi connectivity index (χ0v) is 15.1. The molecule has 0 bridgehead atoms. The molecule has 140 valence electrons. The molecule has 2 heterocycles. The van der Waals surface area contributed by atoms with Gasteiger partial charge in [-0.15, -0.1) is 5.10 Å². The second-order valence-electron chi connectivity index (χ2n) is 6.15. The second-order valence-corrected chi connectivity index (χ2v) is 6.15. The Bertz CT molecular complexity index is 1200. The van der Waals surface area contributed by atoms with Gasteiger partial charge in [-0.2, -0.15) is 0 Å². The number of nitrogens with one attached hydrogen (secondary N) is 1. The third kappa shape index (κ3) is 3.48. The Labute approximate surface area is 160 Å². The monoisotopic (exact) mass is 375 g/mol. The molecule has 0 spiro atoms. The van der Waals surface area contributed by atoms with E-state index in [0.29, 0.717) is 11.4 Å². The average molecular weight is 375 g/mol. The van der Waals surface area contributed by atoms with Crippen LogP contribution in [0.15, 0.2) is 71.8 Å². The maximum Gasteiger partial charge on any atom is 0.351 e. The number of ether oxygens (including phenoxy) is 1. The lowest BCUT2D eigenvalue weighted by Gasteiger charge is -2.07. The fraction of sp³-hybridized carbons (Fsp3) is 0.100. The Morgan fingerprint density at radius 1 is 1.11 bits per heavy atom. The zero-order chi connectivity index (χ0) is 19.5. The molecule has 8 nitrogen and oxygen atoms in total. The van der Waals surface area contributed by atoms with Crippen molar-refractivity contribution in [2.45, 2.75) is 13.5 Å². The molecule has 4 aromatic rings. The first-order chi connectivity index (χ1) is 13.6. The van der Waals surface area contributed by atoms with E-state index in [-0.39, 0.29) is 24.0 Å². The summed E-state index contributed by atoms with van der Waals surface area (Å²) in [6.07, 6.45) is 2.94. The highest BCUT2D eigenvalue weighted by Gasteiger charge is 2.16. The maximum absolute atomic E-state index is 12.6. The van der Waals surface area contributed by atoms with E-state index in [1.54, 1.807) is 12.1 Å². The number of hydrogen-bond donors (Lipinski definition) is 1. The first-order valence-corrected chi connectivity index (χ1v) is 8.64. The molecule has 8 heteroatoms. The number of amides is 1. The number of hydrogen-bond acceptors (Lipinski definition) is 5. The Kier molecular flexibility index (Phi) is 4.59. The molecular formula is C20H17N5O3. The average Bonchev–Trinajstić information content (AvgIpc) is 3.01. The summed E-state index contributed by atoms with van der Waals surface area (Å²) in [6, 6.07) is 16.5. The van der Waals surface area contributed by atoms with Crippen LogP contribution >= 0.6 is 0 Å². The molecule has 0 aliphatic carbocycles. The predicted molar refractivity (Wildman–Crippen MR) is 104 cm³/mol. The Morgan fingerprint density at radius 2 is 1.86 bits per heavy atom. The molecular weight excluding hydrogens is 358 g/mol. The molecule has 0 unspecified atom stereocenters. The van der Waals surface area contributed by atoms with Crippen LogP contribution in [0.2, 0.25) is 0 Å². The molecule has 0 radical (unpaired) electrons. The van der Waals surface area contributed by atoms with Crippen molar-refractivity contribution < 1.29 is 9.53 Å². The van der Waals surface area contributed by atoms with E-state index >= 15 is 0 Å². The molecule has 0 aliphatic rings. The lowest BCUT2D eigenvalue weighted by molar-refractivity contribution is -0.117. The summed E-state index contributed by atoms with van der Waals surface area (Å²) >= 11 is 0. The van der Waals surface area contributed by atoms with E-state index in [4.69, 9.17) is 4.74 Å². The number of nitrogens with zero attached hydrogens (tertiary/aromatic N) is 4. The van der Waals surface area contributed by atoms with Crippen molar-refractivity contribution in [1.29, 1.82) is 0 Å². The van der Waals surface area contributed by atoms with Gasteiger partial charge in [0.25, 0.3) is 5.88 Å². The number of aromatic nitrogens is 4. The highest BCUT2D eigenvalue weighted by molar-refractivity contribution is 5.90. The van der Waals surface area contributed by atoms with Crippen LogP contribution in [0.5, 0.6) is 11.6 Å². The van der Waals surface area contributed by atoms with Crippen molar-refractivity contribution in [3.63, 3.8) is 0 Å². The summed E-state index contributed by atoms with van der Waals surface area (Å²) in [6.45, 7) is 1.69. The van der Waals surface area contributed by atoms with Gasteiger partial charge in [0.05, 0.1) is 0 Å². The van der Waals surface area contributed by atoms with Crippen molar-refractivity contribution in [1.82, 2.24) is 19.2 Å². The van der Waals surface area contributed by atoms with Gasteiger partial charge in [0.2, 0.25) is 11.6 Å². The van der Waals surface area contributed by atoms with Crippen LogP contribution in [0.1, 0.15) is 5.56 Å². The SMILES string of the molecule is Cc1ccccc1Oc1nccn2c(=O)n(CC(=O)Nc3ccccc3)nc12. The molecule has 0 aliphatic heterocycles. The van der Waals surface area contributed by atoms with Crippen molar-refractivity contribution in [2.24, 2.45) is 0 Å². The third-order valence-electron chi connectivity index (χ3n) is 4.12. The normalized spacial score (nSPS) is 10.8. The van der Waals surface area contributed by atoms with Crippen molar-refractivity contribution in [3.05, 3.63) is 83.0 Å². The lowest BCUT2D eigenvalue weighted by atomic mass is 10.2. The number of anilines is 1. The molecule has 0 saturated carbocycles. The van der Waals surface area contributed by atoms with E-state index in [2.05, 4.69) is 15.4 Å². The largest absolute Gasteiger partial charge is 0.436 e. The van der Waals surface area contributed by atoms with Crippen LogP contribution < -0.4 is 15.7 Å². The molecule has 2 aromatic carbocycles. The Morgan fingerprint density at radius 3 is 2.64 bits per heavy atom. The highest BCUT2D eigenvalue weighted by atomic mass is 16.5. The van der Waals surface area contributed by atoms with Gasteiger partial charge in [-0.1, -0.05) is 36.4 Å². The molecule has 0 saturated heterocycles. The standard InChI is InChI=1S/C20H17N5O3/c1-14-7-5-6-10-16(14)28-19-18-23-25(20(27)24(18)12-11-21-19)13-17(26)22-15-8-3-2-4-9-15/h2-12H,13H2,1H3,(H,22,26). The zero-order valence-electron chi connectivity index (χ0n) is 15.1. The quantitative estimate of drug-likeness (QED) is 0.579. The summed E-state index contributed by atoms with van der Waals surface area (Å²) in [5, 5.41) is 6.97. The summed E-state index contributed by atoms with van der Waals surface area (Å²) in [5.41, 5.74) is 1.36. The van der Waals surface area contributed by atoms with Gasteiger partial charge < -0.3 is 10.1 Å². The Hall–Kier alpha value is -3.94. The minimum absolute atomic E-state index is 0.191. The van der Waals surface area contributed by atoms with Gasteiger partial charge in [-0.05, 0) is 30.7 Å².